The van der Waals surface area contributed by atoms with E-state index >= 15 is 0 Å². The molecule has 2 N–H and O–H groups in total. The highest BCUT2D eigenvalue weighted by Gasteiger charge is 2.15. The largest absolute Gasteiger partial charge is 0.329 e. The molecule has 2 aromatic heterocycles. The lowest BCUT2D eigenvalue weighted by Gasteiger charge is -2.18. The van der Waals surface area contributed by atoms with Crippen LogP contribution in [0.15, 0.2) is 31.0 Å². The Kier molecular flexibility index (Phi) is 3.77. The molecule has 2 rings (SSSR count). The molecule has 0 bridgehead atoms. The number of imidazole rings is 1. The SMILES string of the molecule is Cc1cnccc1Cn1cncc1C(N)C(C)C. The summed E-state index contributed by atoms with van der Waals surface area (Å²) in [7, 11) is 0. The molecule has 0 amide bonds. The predicted octanol–water partition coefficient (Wildman–Crippen LogP) is 2.29. The Morgan fingerprint density at radius 3 is 2.72 bits per heavy atom. The molecule has 0 aliphatic heterocycles. The van der Waals surface area contributed by atoms with Crippen molar-refractivity contribution in [2.24, 2.45) is 11.7 Å². The zero-order valence-electron chi connectivity index (χ0n) is 11.2. The number of rotatable bonds is 4. The first-order valence-electron chi connectivity index (χ1n) is 6.24. The van der Waals surface area contributed by atoms with Crippen LogP contribution in [0.4, 0.5) is 0 Å². The molecule has 0 radical (unpaired) electrons. The van der Waals surface area contributed by atoms with Gasteiger partial charge in [-0.15, -0.1) is 0 Å². The maximum Gasteiger partial charge on any atom is 0.0951 e. The molecule has 2 heterocycles. The molecule has 2 aromatic rings. The van der Waals surface area contributed by atoms with Gasteiger partial charge in [-0.1, -0.05) is 13.8 Å². The predicted molar refractivity (Wildman–Crippen MR) is 72.1 cm³/mol. The van der Waals surface area contributed by atoms with Crippen LogP contribution >= 0.6 is 0 Å². The molecule has 0 aliphatic carbocycles. The highest BCUT2D eigenvalue weighted by molar-refractivity contribution is 5.22. The van der Waals surface area contributed by atoms with E-state index in [-0.39, 0.29) is 6.04 Å². The molecule has 4 heteroatoms. The molecular formula is C14H20N4. The van der Waals surface area contributed by atoms with E-state index in [0.29, 0.717) is 5.92 Å². The second-order valence-electron chi connectivity index (χ2n) is 5.02. The van der Waals surface area contributed by atoms with Gasteiger partial charge in [-0.3, -0.25) is 4.98 Å². The third-order valence-electron chi connectivity index (χ3n) is 3.28. The molecule has 4 nitrogen and oxygen atoms in total. The number of pyridine rings is 1. The van der Waals surface area contributed by atoms with Crippen molar-refractivity contribution in [3.63, 3.8) is 0 Å². The zero-order chi connectivity index (χ0) is 13.1. The first-order valence-corrected chi connectivity index (χ1v) is 6.24. The third-order valence-corrected chi connectivity index (χ3v) is 3.28. The van der Waals surface area contributed by atoms with Crippen molar-refractivity contribution in [3.05, 3.63) is 47.8 Å². The molecule has 0 saturated carbocycles. The van der Waals surface area contributed by atoms with Crippen LogP contribution in [-0.4, -0.2) is 14.5 Å². The smallest absolute Gasteiger partial charge is 0.0951 e. The number of aromatic nitrogens is 3. The van der Waals surface area contributed by atoms with Crippen molar-refractivity contribution in [2.45, 2.75) is 33.4 Å². The molecule has 0 aromatic carbocycles. The van der Waals surface area contributed by atoms with Crippen molar-refractivity contribution >= 4 is 0 Å². The standard InChI is InChI=1S/C14H20N4/c1-10(2)14(15)13-7-17-9-18(13)8-12-4-5-16-6-11(12)3/h4-7,9-10,14H,8,15H2,1-3H3. The molecule has 0 saturated heterocycles. The van der Waals surface area contributed by atoms with Gasteiger partial charge < -0.3 is 10.3 Å². The monoisotopic (exact) mass is 244 g/mol. The van der Waals surface area contributed by atoms with Crippen molar-refractivity contribution in [2.75, 3.05) is 0 Å². The fourth-order valence-corrected chi connectivity index (χ4v) is 1.95. The Balaban J connectivity index is 2.26. The van der Waals surface area contributed by atoms with Gasteiger partial charge in [0.1, 0.15) is 0 Å². The van der Waals surface area contributed by atoms with Crippen LogP contribution in [0.1, 0.15) is 36.7 Å². The van der Waals surface area contributed by atoms with Gasteiger partial charge in [0.25, 0.3) is 0 Å². The van der Waals surface area contributed by atoms with E-state index in [1.165, 1.54) is 11.1 Å². The van der Waals surface area contributed by atoms with Crippen LogP contribution in [0.5, 0.6) is 0 Å². The van der Waals surface area contributed by atoms with Crippen LogP contribution in [0.25, 0.3) is 0 Å². The fraction of sp³-hybridized carbons (Fsp3) is 0.429. The van der Waals surface area contributed by atoms with Crippen molar-refractivity contribution in [1.82, 2.24) is 14.5 Å². The molecular weight excluding hydrogens is 224 g/mol. The van der Waals surface area contributed by atoms with E-state index in [2.05, 4.69) is 35.3 Å². The van der Waals surface area contributed by atoms with E-state index in [1.54, 1.807) is 0 Å². The number of nitrogens with zero attached hydrogens (tertiary/aromatic N) is 3. The summed E-state index contributed by atoms with van der Waals surface area (Å²) >= 11 is 0. The van der Waals surface area contributed by atoms with Gasteiger partial charge in [0.15, 0.2) is 0 Å². The minimum atomic E-state index is 0.0228. The molecule has 96 valence electrons. The average Bonchev–Trinajstić information content (AvgIpc) is 2.79. The number of hydrogen-bond acceptors (Lipinski definition) is 3. The van der Waals surface area contributed by atoms with Gasteiger partial charge in [0.05, 0.1) is 12.0 Å². The third kappa shape index (κ3) is 2.59. The highest BCUT2D eigenvalue weighted by Crippen LogP contribution is 2.19. The summed E-state index contributed by atoms with van der Waals surface area (Å²) in [6, 6.07) is 2.06. The van der Waals surface area contributed by atoms with E-state index in [0.717, 1.165) is 12.2 Å². The van der Waals surface area contributed by atoms with E-state index < -0.39 is 0 Å². The van der Waals surface area contributed by atoms with Crippen molar-refractivity contribution < 1.29 is 0 Å². The van der Waals surface area contributed by atoms with Crippen LogP contribution < -0.4 is 5.73 Å². The second kappa shape index (κ2) is 5.31. The topological polar surface area (TPSA) is 56.7 Å². The minimum Gasteiger partial charge on any atom is -0.329 e. The van der Waals surface area contributed by atoms with Crippen LogP contribution in [0, 0.1) is 12.8 Å². The van der Waals surface area contributed by atoms with Gasteiger partial charge in [-0.05, 0) is 30.0 Å². The first-order chi connectivity index (χ1) is 8.59. The highest BCUT2D eigenvalue weighted by atomic mass is 15.1. The van der Waals surface area contributed by atoms with Crippen molar-refractivity contribution in [3.8, 4) is 0 Å². The van der Waals surface area contributed by atoms with E-state index in [1.807, 2.05) is 31.0 Å². The Morgan fingerprint density at radius 2 is 2.06 bits per heavy atom. The Hall–Kier alpha value is -1.68. The molecule has 1 unspecified atom stereocenters. The summed E-state index contributed by atoms with van der Waals surface area (Å²) in [5, 5.41) is 0. The number of nitrogens with two attached hydrogens (primary N) is 1. The van der Waals surface area contributed by atoms with Crippen LogP contribution in [0.2, 0.25) is 0 Å². The summed E-state index contributed by atoms with van der Waals surface area (Å²) < 4.78 is 2.12. The minimum absolute atomic E-state index is 0.0228. The van der Waals surface area contributed by atoms with E-state index in [9.17, 15) is 0 Å². The molecule has 0 aliphatic rings. The maximum atomic E-state index is 6.20. The van der Waals surface area contributed by atoms with Crippen molar-refractivity contribution in [1.29, 1.82) is 0 Å². The van der Waals surface area contributed by atoms with Crippen LogP contribution in [0.3, 0.4) is 0 Å². The lowest BCUT2D eigenvalue weighted by molar-refractivity contribution is 0.484. The number of hydrogen-bond donors (Lipinski definition) is 1. The molecule has 18 heavy (non-hydrogen) atoms. The maximum absolute atomic E-state index is 6.20. The van der Waals surface area contributed by atoms with Gasteiger partial charge in [0.2, 0.25) is 0 Å². The lowest BCUT2D eigenvalue weighted by Crippen LogP contribution is -2.20. The summed E-state index contributed by atoms with van der Waals surface area (Å²) in [4.78, 5) is 8.33. The molecule has 0 spiro atoms. The zero-order valence-corrected chi connectivity index (χ0v) is 11.2. The molecule has 1 atom stereocenters. The summed E-state index contributed by atoms with van der Waals surface area (Å²) in [6.07, 6.45) is 7.41. The van der Waals surface area contributed by atoms with E-state index in [4.69, 9.17) is 5.73 Å². The normalized spacial score (nSPS) is 12.9. The summed E-state index contributed by atoms with van der Waals surface area (Å²) in [5.74, 6) is 0.402. The van der Waals surface area contributed by atoms with Gasteiger partial charge in [-0.25, -0.2) is 4.98 Å². The first kappa shape index (κ1) is 12.8. The Bertz CT molecular complexity index is 516. The number of aryl methyl sites for hydroxylation is 1. The van der Waals surface area contributed by atoms with Gasteiger partial charge in [0, 0.05) is 31.2 Å². The lowest BCUT2D eigenvalue weighted by atomic mass is 10.0. The second-order valence-corrected chi connectivity index (χ2v) is 5.02. The Morgan fingerprint density at radius 1 is 1.28 bits per heavy atom. The van der Waals surface area contributed by atoms with Gasteiger partial charge >= 0.3 is 0 Å². The molecule has 0 fully saturated rings. The average molecular weight is 244 g/mol. The quantitative estimate of drug-likeness (QED) is 0.897. The fourth-order valence-electron chi connectivity index (χ4n) is 1.95. The summed E-state index contributed by atoms with van der Waals surface area (Å²) in [6.45, 7) is 7.12. The van der Waals surface area contributed by atoms with Crippen LogP contribution in [-0.2, 0) is 6.54 Å². The van der Waals surface area contributed by atoms with Gasteiger partial charge in [-0.2, -0.15) is 0 Å². The Labute approximate surface area is 108 Å². The summed E-state index contributed by atoms with van der Waals surface area (Å²) in [5.41, 5.74) is 9.73.